The third-order valence-corrected chi connectivity index (χ3v) is 9.06. The van der Waals surface area contributed by atoms with Crippen LogP contribution >= 0.6 is 11.3 Å². The molecule has 7 heteroatoms. The van der Waals surface area contributed by atoms with E-state index in [0.717, 1.165) is 68.1 Å². The van der Waals surface area contributed by atoms with E-state index < -0.39 is 0 Å². The lowest BCUT2D eigenvalue weighted by Gasteiger charge is -2.31. The van der Waals surface area contributed by atoms with Crippen molar-refractivity contribution in [3.63, 3.8) is 0 Å². The largest absolute Gasteiger partial charge is 0.487 e. The van der Waals surface area contributed by atoms with E-state index in [4.69, 9.17) is 14.6 Å². The molecule has 7 rings (SSSR count). The lowest BCUT2D eigenvalue weighted by Crippen LogP contribution is -2.34. The molecular formula is C33H28N2O4S. The molecule has 0 N–H and O–H groups in total. The molecule has 1 atom stereocenters. The Kier molecular flexibility index (Phi) is 6.54. The van der Waals surface area contributed by atoms with E-state index in [-0.39, 0.29) is 23.8 Å². The van der Waals surface area contributed by atoms with E-state index in [1.54, 1.807) is 35.6 Å². The van der Waals surface area contributed by atoms with Crippen molar-refractivity contribution >= 4 is 44.1 Å². The van der Waals surface area contributed by atoms with Gasteiger partial charge >= 0.3 is 0 Å². The predicted octanol–water partition coefficient (Wildman–Crippen LogP) is 7.88. The number of imide groups is 1. The average molecular weight is 549 g/mol. The van der Waals surface area contributed by atoms with Crippen LogP contribution in [-0.2, 0) is 11.4 Å². The van der Waals surface area contributed by atoms with Crippen molar-refractivity contribution in [1.29, 1.82) is 0 Å². The number of thiophene rings is 1. The highest BCUT2D eigenvalue weighted by atomic mass is 32.1. The number of para-hydroxylation sites is 1. The Bertz CT molecular complexity index is 1700. The number of benzene rings is 3. The molecule has 3 aromatic carbocycles. The third-order valence-electron chi connectivity index (χ3n) is 7.88. The highest BCUT2D eigenvalue weighted by molar-refractivity contribution is 7.19. The minimum absolute atomic E-state index is 0.237. The summed E-state index contributed by atoms with van der Waals surface area (Å²) in [6.45, 7) is 0.376. The molecule has 1 unspecified atom stereocenters. The number of carbonyl (C=O) groups excluding carboxylic acids is 2. The molecule has 1 saturated carbocycles. The first kappa shape index (κ1) is 24.9. The number of hydrogen-bond donors (Lipinski definition) is 0. The molecule has 0 radical (unpaired) electrons. The topological polar surface area (TPSA) is 68.7 Å². The molecule has 40 heavy (non-hydrogen) atoms. The summed E-state index contributed by atoms with van der Waals surface area (Å²) in [7, 11) is 0. The number of nitrogens with zero attached hydrogens (tertiary/aromatic N) is 2. The number of ether oxygens (including phenoxy) is 1. The molecule has 2 amide bonds. The number of hydroxylamine groups is 2. The standard InChI is InChI=1S/C33H28N2O4S/c36-32-26-11-5-6-12-27(26)33(37)35(32)39-31(22-9-2-1-3-10-22)30-19-23-18-25(16-17-29(23)40-30)38-20-24-15-14-21-8-4-7-13-28(21)34-24/h4-8,11-19,22,31H,1-3,9-10,20H2. The Balaban J connectivity index is 1.14. The fraction of sp³-hybridized carbons (Fsp3) is 0.242. The van der Waals surface area contributed by atoms with Crippen LogP contribution in [0.1, 0.15) is 69.5 Å². The molecule has 1 fully saturated rings. The van der Waals surface area contributed by atoms with Crippen LogP contribution < -0.4 is 4.74 Å². The summed E-state index contributed by atoms with van der Waals surface area (Å²) >= 11 is 1.65. The van der Waals surface area contributed by atoms with Gasteiger partial charge in [0.15, 0.2) is 0 Å². The van der Waals surface area contributed by atoms with Crippen LogP contribution in [-0.4, -0.2) is 21.9 Å². The minimum Gasteiger partial charge on any atom is -0.487 e. The van der Waals surface area contributed by atoms with Crippen molar-refractivity contribution in [2.24, 2.45) is 5.92 Å². The fourth-order valence-electron chi connectivity index (χ4n) is 5.80. The van der Waals surface area contributed by atoms with Crippen LogP contribution in [0.4, 0.5) is 0 Å². The molecule has 0 spiro atoms. The second-order valence-corrected chi connectivity index (χ2v) is 11.6. The van der Waals surface area contributed by atoms with Crippen molar-refractivity contribution in [1.82, 2.24) is 10.0 Å². The van der Waals surface area contributed by atoms with Gasteiger partial charge in [-0.25, -0.2) is 4.98 Å². The molecule has 2 aliphatic rings. The molecule has 5 aromatic rings. The number of pyridine rings is 1. The number of rotatable bonds is 7. The monoisotopic (exact) mass is 548 g/mol. The molecule has 0 bridgehead atoms. The summed E-state index contributed by atoms with van der Waals surface area (Å²) < 4.78 is 7.23. The van der Waals surface area contributed by atoms with Gasteiger partial charge in [0.2, 0.25) is 0 Å². The lowest BCUT2D eigenvalue weighted by atomic mass is 9.84. The SMILES string of the molecule is O=C1c2ccccc2C(=O)N1OC(c1cc2cc(OCc3ccc4ccccc4n3)ccc2s1)C1CCCCC1. The van der Waals surface area contributed by atoms with Gasteiger partial charge in [-0.15, -0.1) is 16.4 Å². The normalized spacial score (nSPS) is 16.6. The maximum absolute atomic E-state index is 13.1. The number of carbonyl (C=O) groups is 2. The van der Waals surface area contributed by atoms with E-state index in [2.05, 4.69) is 18.2 Å². The second-order valence-electron chi connectivity index (χ2n) is 10.5. The smallest absolute Gasteiger partial charge is 0.285 e. The van der Waals surface area contributed by atoms with Crippen molar-refractivity contribution in [2.45, 2.75) is 44.8 Å². The summed E-state index contributed by atoms with van der Waals surface area (Å²) in [5.41, 5.74) is 2.62. The number of aromatic nitrogens is 1. The Morgan fingerprint density at radius 1 is 0.825 bits per heavy atom. The van der Waals surface area contributed by atoms with Gasteiger partial charge in [-0.1, -0.05) is 55.7 Å². The summed E-state index contributed by atoms with van der Waals surface area (Å²) in [6.07, 6.45) is 5.10. The zero-order chi connectivity index (χ0) is 27.1. The summed E-state index contributed by atoms with van der Waals surface area (Å²) in [5.74, 6) is 0.226. The summed E-state index contributed by atoms with van der Waals surface area (Å²) in [5, 5.41) is 3.14. The number of amides is 2. The van der Waals surface area contributed by atoms with Crippen LogP contribution in [0.2, 0.25) is 0 Å². The third kappa shape index (κ3) is 4.65. The molecule has 3 heterocycles. The second kappa shape index (κ2) is 10.5. The van der Waals surface area contributed by atoms with Crippen molar-refractivity contribution in [2.75, 3.05) is 0 Å². The van der Waals surface area contributed by atoms with Crippen molar-refractivity contribution in [3.05, 3.63) is 107 Å². The molecule has 6 nitrogen and oxygen atoms in total. The first-order chi connectivity index (χ1) is 19.6. The van der Waals surface area contributed by atoms with E-state index in [0.29, 0.717) is 17.7 Å². The van der Waals surface area contributed by atoms with E-state index in [1.807, 2.05) is 42.5 Å². The van der Waals surface area contributed by atoms with Gasteiger partial charge in [-0.3, -0.25) is 14.4 Å². The Morgan fingerprint density at radius 2 is 1.57 bits per heavy atom. The van der Waals surface area contributed by atoms with Crippen LogP contribution in [0.5, 0.6) is 5.75 Å². The molecule has 200 valence electrons. The molecule has 2 aromatic heterocycles. The van der Waals surface area contributed by atoms with Gasteiger partial charge in [0, 0.05) is 15.0 Å². The zero-order valence-corrected chi connectivity index (χ0v) is 22.7. The Hall–Kier alpha value is -4.07. The highest BCUT2D eigenvalue weighted by Crippen LogP contribution is 2.43. The zero-order valence-electron chi connectivity index (χ0n) is 21.9. The quantitative estimate of drug-likeness (QED) is 0.194. The van der Waals surface area contributed by atoms with E-state index >= 15 is 0 Å². The summed E-state index contributed by atoms with van der Waals surface area (Å²) in [4.78, 5) is 38.3. The molecule has 0 saturated heterocycles. The van der Waals surface area contributed by atoms with Gasteiger partial charge in [0.25, 0.3) is 11.8 Å². The van der Waals surface area contributed by atoms with Gasteiger partial charge in [-0.2, -0.15) is 0 Å². The fourth-order valence-corrected chi connectivity index (χ4v) is 6.96. The number of fused-ring (bicyclic) bond motifs is 3. The molecule has 1 aliphatic heterocycles. The van der Waals surface area contributed by atoms with Gasteiger partial charge in [0.05, 0.1) is 22.3 Å². The minimum atomic E-state index is -0.388. The van der Waals surface area contributed by atoms with Crippen LogP contribution in [0.15, 0.2) is 84.9 Å². The maximum atomic E-state index is 13.1. The number of hydrogen-bond acceptors (Lipinski definition) is 6. The Morgan fingerprint density at radius 3 is 2.38 bits per heavy atom. The predicted molar refractivity (Wildman–Crippen MR) is 155 cm³/mol. The van der Waals surface area contributed by atoms with Gasteiger partial charge in [-0.05, 0) is 72.7 Å². The Labute approximate surface area is 236 Å². The van der Waals surface area contributed by atoms with Crippen molar-refractivity contribution in [3.8, 4) is 5.75 Å². The van der Waals surface area contributed by atoms with Gasteiger partial charge in [0.1, 0.15) is 18.5 Å². The molecule has 1 aliphatic carbocycles. The van der Waals surface area contributed by atoms with Crippen LogP contribution in [0.3, 0.4) is 0 Å². The van der Waals surface area contributed by atoms with E-state index in [1.165, 1.54) is 6.42 Å². The van der Waals surface area contributed by atoms with Gasteiger partial charge < -0.3 is 4.74 Å². The van der Waals surface area contributed by atoms with E-state index in [9.17, 15) is 9.59 Å². The molecular weight excluding hydrogens is 520 g/mol. The first-order valence-electron chi connectivity index (χ1n) is 13.8. The average Bonchev–Trinajstić information content (AvgIpc) is 3.53. The summed E-state index contributed by atoms with van der Waals surface area (Å²) in [6, 6.07) is 27.2. The maximum Gasteiger partial charge on any atom is 0.285 e. The van der Waals surface area contributed by atoms with Crippen LogP contribution in [0, 0.1) is 5.92 Å². The van der Waals surface area contributed by atoms with Crippen LogP contribution in [0.25, 0.3) is 21.0 Å². The lowest BCUT2D eigenvalue weighted by molar-refractivity contribution is -0.154. The first-order valence-corrected chi connectivity index (χ1v) is 14.6. The van der Waals surface area contributed by atoms with Crippen molar-refractivity contribution < 1.29 is 19.2 Å². The highest BCUT2D eigenvalue weighted by Gasteiger charge is 2.40.